The van der Waals surface area contributed by atoms with Crippen LogP contribution in [0, 0.1) is 0 Å². The van der Waals surface area contributed by atoms with Crippen LogP contribution in [-0.4, -0.2) is 46.9 Å². The number of aliphatic hydroxyl groups is 2. The van der Waals surface area contributed by atoms with Gasteiger partial charge in [-0.25, -0.2) is 0 Å². The fourth-order valence-electron chi connectivity index (χ4n) is 7.85. The molecule has 0 spiro atoms. The van der Waals surface area contributed by atoms with E-state index < -0.39 is 18.2 Å². The first-order valence-electron chi connectivity index (χ1n) is 27.3. The second-order valence-electron chi connectivity index (χ2n) is 18.3. The Morgan fingerprint density at radius 3 is 1.34 bits per heavy atom. The Hall–Kier alpha value is -2.96. The second-order valence-corrected chi connectivity index (χ2v) is 18.3. The molecular weight excluding hydrogens is 803 g/mol. The van der Waals surface area contributed by atoms with Crippen molar-refractivity contribution >= 4 is 11.9 Å². The van der Waals surface area contributed by atoms with Gasteiger partial charge in [0.1, 0.15) is 6.10 Å². The average Bonchev–Trinajstić information content (AvgIpc) is 3.30. The number of hydrogen-bond acceptors (Lipinski definition) is 5. The summed E-state index contributed by atoms with van der Waals surface area (Å²) >= 11 is 0. The number of carbonyl (C=O) groups excluding carboxylic acids is 2. The topological polar surface area (TPSA) is 95.9 Å². The number of aliphatic hydroxyl groups excluding tert-OH is 2. The van der Waals surface area contributed by atoms with Crippen LogP contribution in [0.3, 0.4) is 0 Å². The predicted octanol–water partition coefficient (Wildman–Crippen LogP) is 16.7. The van der Waals surface area contributed by atoms with Gasteiger partial charge in [-0.15, -0.1) is 0 Å². The average molecular weight is 906 g/mol. The van der Waals surface area contributed by atoms with Gasteiger partial charge < -0.3 is 20.3 Å². The lowest BCUT2D eigenvalue weighted by Crippen LogP contribution is -2.46. The Bertz CT molecular complexity index is 1250. The van der Waals surface area contributed by atoms with Gasteiger partial charge in [0.05, 0.1) is 25.2 Å². The minimum Gasteiger partial charge on any atom is -0.458 e. The molecule has 0 heterocycles. The first-order chi connectivity index (χ1) is 32.0. The van der Waals surface area contributed by atoms with Crippen LogP contribution in [0.4, 0.5) is 0 Å². The maximum atomic E-state index is 13.2. The molecule has 0 aliphatic rings. The number of amides is 1. The molecule has 0 saturated carbocycles. The van der Waals surface area contributed by atoms with Crippen molar-refractivity contribution in [2.75, 3.05) is 6.61 Å². The van der Waals surface area contributed by atoms with Gasteiger partial charge in [-0.3, -0.25) is 9.59 Å². The molecular formula is C59H103NO5. The van der Waals surface area contributed by atoms with Crippen molar-refractivity contribution in [1.82, 2.24) is 5.32 Å². The quantitative estimate of drug-likeness (QED) is 0.0245. The van der Waals surface area contributed by atoms with Gasteiger partial charge in [-0.05, 0) is 76.7 Å². The van der Waals surface area contributed by atoms with Crippen LogP contribution in [0.1, 0.15) is 252 Å². The van der Waals surface area contributed by atoms with Crippen LogP contribution in [0.5, 0.6) is 0 Å². The Morgan fingerprint density at radius 1 is 0.492 bits per heavy atom. The number of nitrogens with one attached hydrogen (secondary N) is 1. The van der Waals surface area contributed by atoms with E-state index in [2.05, 4.69) is 99.0 Å². The van der Waals surface area contributed by atoms with E-state index in [9.17, 15) is 19.8 Å². The molecule has 0 aliphatic carbocycles. The van der Waals surface area contributed by atoms with Gasteiger partial charge in [0.25, 0.3) is 0 Å². The summed E-state index contributed by atoms with van der Waals surface area (Å²) in [5, 5.41) is 23.7. The summed E-state index contributed by atoms with van der Waals surface area (Å²) in [6.07, 6.45) is 68.2. The third kappa shape index (κ3) is 47.3. The molecule has 0 aromatic carbocycles. The highest BCUT2D eigenvalue weighted by molar-refractivity contribution is 5.78. The third-order valence-electron chi connectivity index (χ3n) is 12.0. The molecule has 6 nitrogen and oxygen atoms in total. The number of carbonyl (C=O) groups is 2. The molecule has 1 amide bonds. The zero-order chi connectivity index (χ0) is 47.4. The summed E-state index contributed by atoms with van der Waals surface area (Å²) < 4.78 is 5.83. The van der Waals surface area contributed by atoms with E-state index in [1.807, 2.05) is 6.08 Å². The van der Waals surface area contributed by atoms with Gasteiger partial charge in [0.15, 0.2) is 0 Å². The molecule has 3 atom stereocenters. The first-order valence-corrected chi connectivity index (χ1v) is 27.3. The van der Waals surface area contributed by atoms with E-state index in [4.69, 9.17) is 4.74 Å². The monoisotopic (exact) mass is 906 g/mol. The largest absolute Gasteiger partial charge is 0.458 e. The molecule has 0 bridgehead atoms. The standard InChI is InChI=1S/C59H103NO5/c1-4-7-10-13-16-19-22-25-28-29-30-31-34-37-40-43-46-49-52-59(64)65-55(50-47-44-41-38-35-32-26-23-20-17-14-11-8-5-2)53-58(63)60-56(54-61)57(62)51-48-45-42-39-36-33-27-24-21-18-15-12-9-6-3/h8,11,17,20,26,28-32,38,41,47,50,55-57,61-62H,4-7,9-10,12-16,18-19,21-25,27,33-37,39-40,42-46,48-49,51-54H2,1-3H3,(H,60,63)/b11-8+,20-17+,29-28+,31-30+,32-26+,41-38+,50-47+. The van der Waals surface area contributed by atoms with Crippen molar-refractivity contribution in [3.05, 3.63) is 85.1 Å². The number of hydrogen-bond donors (Lipinski definition) is 3. The fourth-order valence-corrected chi connectivity index (χ4v) is 7.85. The summed E-state index contributed by atoms with van der Waals surface area (Å²) in [7, 11) is 0. The number of esters is 1. The maximum Gasteiger partial charge on any atom is 0.306 e. The molecule has 0 radical (unpaired) electrons. The summed E-state index contributed by atoms with van der Waals surface area (Å²) in [5.74, 6) is -0.647. The molecule has 374 valence electrons. The zero-order valence-corrected chi connectivity index (χ0v) is 42.6. The minimum atomic E-state index is -0.826. The minimum absolute atomic E-state index is 0.0552. The molecule has 6 heteroatoms. The molecule has 3 N–H and O–H groups in total. The van der Waals surface area contributed by atoms with Crippen LogP contribution in [0.15, 0.2) is 85.1 Å². The second kappa shape index (κ2) is 52.0. The zero-order valence-electron chi connectivity index (χ0n) is 42.6. The van der Waals surface area contributed by atoms with E-state index >= 15 is 0 Å². The van der Waals surface area contributed by atoms with E-state index in [0.29, 0.717) is 19.3 Å². The number of unbranched alkanes of at least 4 members (excludes halogenated alkanes) is 25. The Balaban J connectivity index is 4.71. The van der Waals surface area contributed by atoms with Crippen molar-refractivity contribution < 1.29 is 24.5 Å². The molecule has 0 fully saturated rings. The van der Waals surface area contributed by atoms with Crippen LogP contribution < -0.4 is 5.32 Å². The highest BCUT2D eigenvalue weighted by atomic mass is 16.5. The van der Waals surface area contributed by atoms with Crippen molar-refractivity contribution in [2.24, 2.45) is 0 Å². The van der Waals surface area contributed by atoms with Gasteiger partial charge in [0, 0.05) is 6.42 Å². The Morgan fingerprint density at radius 2 is 0.892 bits per heavy atom. The van der Waals surface area contributed by atoms with E-state index in [1.165, 1.54) is 122 Å². The lowest BCUT2D eigenvalue weighted by atomic mass is 10.0. The molecule has 65 heavy (non-hydrogen) atoms. The van der Waals surface area contributed by atoms with Crippen LogP contribution in [-0.2, 0) is 14.3 Å². The van der Waals surface area contributed by atoms with Crippen LogP contribution in [0.2, 0.25) is 0 Å². The van der Waals surface area contributed by atoms with E-state index in [0.717, 1.165) is 83.5 Å². The van der Waals surface area contributed by atoms with Crippen molar-refractivity contribution in [3.63, 3.8) is 0 Å². The molecule has 0 aromatic heterocycles. The van der Waals surface area contributed by atoms with E-state index in [1.54, 1.807) is 6.08 Å². The molecule has 0 aliphatic heterocycles. The summed E-state index contributed by atoms with van der Waals surface area (Å²) in [5.41, 5.74) is 0. The highest BCUT2D eigenvalue weighted by Crippen LogP contribution is 2.16. The first kappa shape index (κ1) is 62.0. The highest BCUT2D eigenvalue weighted by Gasteiger charge is 2.23. The number of rotatable bonds is 48. The van der Waals surface area contributed by atoms with Gasteiger partial charge in [-0.1, -0.05) is 247 Å². The SMILES string of the molecule is CC/C=C/C/C=C/C/C=C/C/C=C/C/C=C/C(CC(=O)NC(CO)C(O)CCCCCCCCCCCCCCCC)OC(=O)CCCCCCC/C=C/C=C/CCCCCCCCC. The third-order valence-corrected chi connectivity index (χ3v) is 12.0. The summed E-state index contributed by atoms with van der Waals surface area (Å²) in [6.45, 7) is 6.33. The molecule has 3 unspecified atom stereocenters. The molecule has 0 rings (SSSR count). The summed E-state index contributed by atoms with van der Waals surface area (Å²) in [4.78, 5) is 26.1. The molecule has 0 saturated heterocycles. The lowest BCUT2D eigenvalue weighted by molar-refractivity contribution is -0.148. The maximum absolute atomic E-state index is 13.2. The Kier molecular flexibility index (Phi) is 49.6. The lowest BCUT2D eigenvalue weighted by Gasteiger charge is -2.23. The summed E-state index contributed by atoms with van der Waals surface area (Å²) in [6, 6.07) is -0.749. The van der Waals surface area contributed by atoms with E-state index in [-0.39, 0.29) is 24.9 Å². The molecule has 0 aromatic rings. The normalized spacial score (nSPS) is 13.9. The van der Waals surface area contributed by atoms with Gasteiger partial charge in [-0.2, -0.15) is 0 Å². The van der Waals surface area contributed by atoms with Crippen molar-refractivity contribution in [2.45, 2.75) is 270 Å². The smallest absolute Gasteiger partial charge is 0.306 e. The Labute approximate surface area is 402 Å². The number of ether oxygens (including phenoxy) is 1. The van der Waals surface area contributed by atoms with Crippen LogP contribution >= 0.6 is 0 Å². The van der Waals surface area contributed by atoms with Crippen LogP contribution in [0.25, 0.3) is 0 Å². The van der Waals surface area contributed by atoms with Gasteiger partial charge >= 0.3 is 5.97 Å². The van der Waals surface area contributed by atoms with Crippen molar-refractivity contribution in [1.29, 1.82) is 0 Å². The van der Waals surface area contributed by atoms with Gasteiger partial charge in [0.2, 0.25) is 5.91 Å². The number of allylic oxidation sites excluding steroid dienone is 13. The fraction of sp³-hybridized carbons (Fsp3) is 0.729. The predicted molar refractivity (Wildman–Crippen MR) is 282 cm³/mol. The van der Waals surface area contributed by atoms with Crippen molar-refractivity contribution in [3.8, 4) is 0 Å².